The first-order valence-electron chi connectivity index (χ1n) is 6.47. The van der Waals surface area contributed by atoms with Gasteiger partial charge >= 0.3 is 0 Å². The lowest BCUT2D eigenvalue weighted by molar-refractivity contribution is 0.521. The lowest BCUT2D eigenvalue weighted by atomic mass is 9.73. The third-order valence-corrected chi connectivity index (χ3v) is 2.68. The molecule has 0 unspecified atom stereocenters. The summed E-state index contributed by atoms with van der Waals surface area (Å²) in [6.07, 6.45) is 0. The molecule has 0 aliphatic carbocycles. The molecule has 96 valence electrons. The molecule has 0 atom stereocenters. The molecule has 18 heavy (non-hydrogen) atoms. The van der Waals surface area contributed by atoms with Crippen molar-refractivity contribution in [3.63, 3.8) is 0 Å². The molecular formula is C12H24B3N3. The van der Waals surface area contributed by atoms with Gasteiger partial charge in [-0.3, -0.25) is 0 Å². The Morgan fingerprint density at radius 3 is 1.06 bits per heavy atom. The Bertz CT molecular complexity index is 285. The molecule has 1 saturated heterocycles. The first-order valence-corrected chi connectivity index (χ1v) is 6.47. The van der Waals surface area contributed by atoms with Crippen LogP contribution in [0, 0.1) is 0 Å². The summed E-state index contributed by atoms with van der Waals surface area (Å²) < 4.78 is 7.24. The van der Waals surface area contributed by atoms with Crippen molar-refractivity contribution in [2.75, 3.05) is 19.6 Å². The van der Waals surface area contributed by atoms with Gasteiger partial charge in [-0.25, -0.2) is 0 Å². The summed E-state index contributed by atoms with van der Waals surface area (Å²) in [7, 11) is 2.98. The van der Waals surface area contributed by atoms with E-state index in [0.29, 0.717) is 0 Å². The van der Waals surface area contributed by atoms with Crippen LogP contribution in [-0.2, 0) is 0 Å². The van der Waals surface area contributed by atoms with Crippen LogP contribution in [0.2, 0.25) is 0 Å². The third-order valence-electron chi connectivity index (χ3n) is 2.68. The molecule has 0 aromatic heterocycles. The summed E-state index contributed by atoms with van der Waals surface area (Å²) in [5.41, 5.74) is 3.63. The molecule has 0 spiro atoms. The van der Waals surface area contributed by atoms with Crippen molar-refractivity contribution in [1.82, 2.24) is 14.2 Å². The predicted molar refractivity (Wildman–Crippen MR) is 86.0 cm³/mol. The minimum Gasteiger partial charge on any atom is -0.360 e. The fourth-order valence-electron chi connectivity index (χ4n) is 2.43. The highest BCUT2D eigenvalue weighted by Crippen LogP contribution is 2.07. The van der Waals surface area contributed by atoms with Crippen LogP contribution >= 0.6 is 0 Å². The van der Waals surface area contributed by atoms with Gasteiger partial charge < -0.3 is 14.2 Å². The molecule has 0 aromatic rings. The Balaban J connectivity index is 2.62. The van der Waals surface area contributed by atoms with E-state index in [-0.39, 0.29) is 0 Å². The summed E-state index contributed by atoms with van der Waals surface area (Å²) in [5.74, 6) is 0. The van der Waals surface area contributed by atoms with Crippen LogP contribution in [0.15, 0.2) is 36.5 Å². The monoisotopic (exact) mass is 243 g/mol. The van der Waals surface area contributed by atoms with Crippen molar-refractivity contribution in [3.8, 4) is 0 Å². The summed E-state index contributed by atoms with van der Waals surface area (Å²) in [4.78, 5) is 0. The minimum absolute atomic E-state index is 0.958. The van der Waals surface area contributed by atoms with Gasteiger partial charge in [-0.2, -0.15) is 0 Å². The van der Waals surface area contributed by atoms with Crippen LogP contribution in [0.3, 0.4) is 0 Å². The van der Waals surface area contributed by atoms with Gasteiger partial charge in [-0.1, -0.05) is 36.5 Å². The van der Waals surface area contributed by atoms with E-state index in [1.54, 1.807) is 0 Å². The van der Waals surface area contributed by atoms with Gasteiger partial charge in [-0.15, -0.1) is 0 Å². The zero-order valence-electron chi connectivity index (χ0n) is 12.2. The summed E-state index contributed by atoms with van der Waals surface area (Å²) in [5, 5.41) is 0. The molecule has 1 fully saturated rings. The lowest BCUT2D eigenvalue weighted by Crippen LogP contribution is -2.62. The Hall–Kier alpha value is -0.705. The van der Waals surface area contributed by atoms with Crippen molar-refractivity contribution in [3.05, 3.63) is 36.5 Å². The molecule has 1 aliphatic rings. The minimum atomic E-state index is 0.958. The molecule has 1 aliphatic heterocycles. The highest BCUT2D eigenvalue weighted by molar-refractivity contribution is 6.64. The third kappa shape index (κ3) is 5.76. The average Bonchev–Trinajstić information content (AvgIpc) is 2.12. The SMILES string of the molecule is C=C(C)CN1BN(CC(=C)C)BN(CC(=C)C)B1. The Morgan fingerprint density at radius 2 is 0.889 bits per heavy atom. The van der Waals surface area contributed by atoms with Crippen molar-refractivity contribution < 1.29 is 0 Å². The highest BCUT2D eigenvalue weighted by atomic mass is 15.3. The van der Waals surface area contributed by atoms with Gasteiger partial charge in [0, 0.05) is 0 Å². The maximum atomic E-state index is 4.01. The summed E-state index contributed by atoms with van der Waals surface area (Å²) in [6, 6.07) is 0. The molecule has 0 saturated carbocycles. The molecule has 1 rings (SSSR count). The van der Waals surface area contributed by atoms with E-state index in [1.807, 2.05) is 0 Å². The van der Waals surface area contributed by atoms with Gasteiger partial charge in [0.15, 0.2) is 0 Å². The maximum Gasteiger partial charge on any atom is 0.271 e. The first-order chi connectivity index (χ1) is 8.36. The fraction of sp³-hybridized carbons (Fsp3) is 0.500. The molecular weight excluding hydrogens is 219 g/mol. The van der Waals surface area contributed by atoms with Gasteiger partial charge in [-0.05, 0) is 40.4 Å². The summed E-state index contributed by atoms with van der Waals surface area (Å²) in [6.45, 7) is 21.1. The quantitative estimate of drug-likeness (QED) is 0.494. The first kappa shape index (κ1) is 15.4. The summed E-state index contributed by atoms with van der Waals surface area (Å²) >= 11 is 0. The number of hydrogen-bond acceptors (Lipinski definition) is 3. The van der Waals surface area contributed by atoms with Crippen LogP contribution in [0.4, 0.5) is 0 Å². The van der Waals surface area contributed by atoms with Crippen molar-refractivity contribution in [2.45, 2.75) is 20.8 Å². The van der Waals surface area contributed by atoms with E-state index in [0.717, 1.165) is 42.3 Å². The van der Waals surface area contributed by atoms with Crippen molar-refractivity contribution >= 4 is 22.6 Å². The fourth-order valence-corrected chi connectivity index (χ4v) is 2.43. The molecule has 6 heteroatoms. The maximum absolute atomic E-state index is 4.01. The zero-order chi connectivity index (χ0) is 13.7. The number of hydrogen-bond donors (Lipinski definition) is 0. The number of nitrogens with zero attached hydrogens (tertiary/aromatic N) is 3. The van der Waals surface area contributed by atoms with Crippen LogP contribution in [0.25, 0.3) is 0 Å². The van der Waals surface area contributed by atoms with Gasteiger partial charge in [0.25, 0.3) is 22.6 Å². The van der Waals surface area contributed by atoms with E-state index in [4.69, 9.17) is 0 Å². The molecule has 0 N–H and O–H groups in total. The molecule has 0 amide bonds. The highest BCUT2D eigenvalue weighted by Gasteiger charge is 2.27. The van der Waals surface area contributed by atoms with Crippen LogP contribution in [0.5, 0.6) is 0 Å². The smallest absolute Gasteiger partial charge is 0.271 e. The Morgan fingerprint density at radius 1 is 0.667 bits per heavy atom. The van der Waals surface area contributed by atoms with Crippen LogP contribution < -0.4 is 0 Å². The Labute approximate surface area is 114 Å². The van der Waals surface area contributed by atoms with E-state index >= 15 is 0 Å². The molecule has 0 bridgehead atoms. The second-order valence-electron chi connectivity index (χ2n) is 5.78. The van der Waals surface area contributed by atoms with E-state index in [1.165, 1.54) is 16.7 Å². The Kier molecular flexibility index (Phi) is 5.99. The lowest BCUT2D eigenvalue weighted by Gasteiger charge is -2.40. The van der Waals surface area contributed by atoms with E-state index in [9.17, 15) is 0 Å². The predicted octanol–water partition coefficient (Wildman–Crippen LogP) is 0.434. The van der Waals surface area contributed by atoms with Crippen molar-refractivity contribution in [1.29, 1.82) is 0 Å². The van der Waals surface area contributed by atoms with Gasteiger partial charge in [0.05, 0.1) is 0 Å². The van der Waals surface area contributed by atoms with E-state index < -0.39 is 0 Å². The van der Waals surface area contributed by atoms with Crippen molar-refractivity contribution in [2.24, 2.45) is 0 Å². The largest absolute Gasteiger partial charge is 0.360 e. The molecule has 0 radical (unpaired) electrons. The second-order valence-corrected chi connectivity index (χ2v) is 5.78. The normalized spacial score (nSPS) is 17.5. The topological polar surface area (TPSA) is 9.72 Å². The van der Waals surface area contributed by atoms with Gasteiger partial charge in [0.1, 0.15) is 0 Å². The van der Waals surface area contributed by atoms with Crippen LogP contribution in [-0.4, -0.2) is 56.4 Å². The zero-order valence-corrected chi connectivity index (χ0v) is 12.2. The number of rotatable bonds is 6. The molecule has 3 nitrogen and oxygen atoms in total. The second kappa shape index (κ2) is 7.02. The average molecular weight is 243 g/mol. The standard InChI is InChI=1S/C12H24B3N3/c1-10(2)7-16-13-17(8-11(3)4)15-18(14-16)9-12(5)6/h13-15H,1,3,5,7-9H2,2,4,6H3. The molecule has 1 heterocycles. The van der Waals surface area contributed by atoms with E-state index in [2.05, 4.69) is 54.7 Å². The van der Waals surface area contributed by atoms with Crippen LogP contribution in [0.1, 0.15) is 20.8 Å². The molecule has 0 aromatic carbocycles. The van der Waals surface area contributed by atoms with Gasteiger partial charge in [0.2, 0.25) is 0 Å².